The highest BCUT2D eigenvalue weighted by atomic mass is 33.1. The van der Waals surface area contributed by atoms with Gasteiger partial charge in [-0.05, 0) is 17.6 Å². The van der Waals surface area contributed by atoms with Crippen molar-refractivity contribution < 1.29 is 0 Å². The van der Waals surface area contributed by atoms with Crippen LogP contribution in [-0.4, -0.2) is 5.75 Å². The van der Waals surface area contributed by atoms with Crippen molar-refractivity contribution in [1.82, 2.24) is 0 Å². The first-order valence-corrected chi connectivity index (χ1v) is 4.47. The molecule has 0 saturated heterocycles. The molecule has 0 aliphatic rings. The van der Waals surface area contributed by atoms with Gasteiger partial charge in [0.1, 0.15) is 0 Å². The summed E-state index contributed by atoms with van der Waals surface area (Å²) >= 11 is 4.71. The van der Waals surface area contributed by atoms with Crippen molar-refractivity contribution in [2.75, 3.05) is 5.75 Å². The molecule has 0 aromatic heterocycles. The standard InChI is InChI=1S/C5H11S2/c1-3-5(2)4-7-6/h5H,3-4H2,1-2H3. The predicted octanol–water partition coefficient (Wildman–Crippen LogP) is 2.88. The Morgan fingerprint density at radius 1 is 1.71 bits per heavy atom. The first-order valence-electron chi connectivity index (χ1n) is 2.56. The van der Waals surface area contributed by atoms with Crippen LogP contribution >= 0.6 is 22.5 Å². The van der Waals surface area contributed by atoms with Crippen molar-refractivity contribution in [2.24, 2.45) is 5.92 Å². The Balaban J connectivity index is 2.83. The second-order valence-corrected chi connectivity index (χ2v) is 3.07. The van der Waals surface area contributed by atoms with Gasteiger partial charge in [0.2, 0.25) is 0 Å². The minimum Gasteiger partial charge on any atom is -0.0815 e. The normalized spacial score (nSPS) is 14.1. The molecular formula is C5H11S2. The van der Waals surface area contributed by atoms with Gasteiger partial charge in [0.25, 0.3) is 0 Å². The van der Waals surface area contributed by atoms with Gasteiger partial charge in [0.05, 0.1) is 0 Å². The van der Waals surface area contributed by atoms with Crippen LogP contribution < -0.4 is 0 Å². The number of hydrogen-bond donors (Lipinski definition) is 0. The zero-order chi connectivity index (χ0) is 5.70. The third kappa shape index (κ3) is 4.56. The van der Waals surface area contributed by atoms with Gasteiger partial charge in [-0.3, -0.25) is 0 Å². The molecule has 0 heterocycles. The van der Waals surface area contributed by atoms with Gasteiger partial charge >= 0.3 is 0 Å². The first-order chi connectivity index (χ1) is 3.31. The summed E-state index contributed by atoms with van der Waals surface area (Å²) in [6.45, 7) is 4.41. The van der Waals surface area contributed by atoms with E-state index in [1.165, 1.54) is 17.2 Å². The molecule has 0 rings (SSSR count). The Morgan fingerprint density at radius 3 is 2.43 bits per heavy atom. The van der Waals surface area contributed by atoms with Gasteiger partial charge in [-0.15, -0.1) is 0 Å². The first kappa shape index (κ1) is 7.70. The summed E-state index contributed by atoms with van der Waals surface area (Å²) in [5, 5.41) is 0. The molecule has 7 heavy (non-hydrogen) atoms. The molecule has 0 nitrogen and oxygen atoms in total. The Labute approximate surface area is 54.9 Å². The lowest BCUT2D eigenvalue weighted by Gasteiger charge is -2.01. The van der Waals surface area contributed by atoms with E-state index < -0.39 is 0 Å². The molecule has 0 spiro atoms. The van der Waals surface area contributed by atoms with E-state index in [-0.39, 0.29) is 0 Å². The lowest BCUT2D eigenvalue weighted by Crippen LogP contribution is -1.92. The molecule has 0 N–H and O–H groups in total. The van der Waals surface area contributed by atoms with Crippen molar-refractivity contribution in [2.45, 2.75) is 20.3 Å². The van der Waals surface area contributed by atoms with Gasteiger partial charge in [-0.1, -0.05) is 31.1 Å². The van der Waals surface area contributed by atoms with Crippen LogP contribution in [0.1, 0.15) is 20.3 Å². The molecule has 0 aliphatic heterocycles. The van der Waals surface area contributed by atoms with Crippen LogP contribution in [0.5, 0.6) is 0 Å². The molecule has 1 radical (unpaired) electrons. The fourth-order valence-electron chi connectivity index (χ4n) is 0.234. The van der Waals surface area contributed by atoms with E-state index in [0.29, 0.717) is 0 Å². The third-order valence-corrected chi connectivity index (χ3v) is 2.16. The van der Waals surface area contributed by atoms with Crippen molar-refractivity contribution in [1.29, 1.82) is 0 Å². The quantitative estimate of drug-likeness (QED) is 0.536. The smallest absolute Gasteiger partial charge is 0.00710 e. The van der Waals surface area contributed by atoms with Crippen LogP contribution in [0.2, 0.25) is 0 Å². The van der Waals surface area contributed by atoms with Crippen LogP contribution in [0.15, 0.2) is 0 Å². The van der Waals surface area contributed by atoms with Gasteiger partial charge in [-0.2, -0.15) is 0 Å². The van der Waals surface area contributed by atoms with Crippen LogP contribution in [0.4, 0.5) is 0 Å². The Hall–Kier alpha value is 0.700. The van der Waals surface area contributed by atoms with Crippen LogP contribution in [0.3, 0.4) is 0 Å². The molecule has 0 aromatic carbocycles. The van der Waals surface area contributed by atoms with Crippen LogP contribution in [-0.2, 0) is 0 Å². The molecule has 1 atom stereocenters. The van der Waals surface area contributed by atoms with Gasteiger partial charge in [0.15, 0.2) is 0 Å². The molecular weight excluding hydrogens is 124 g/mol. The molecule has 43 valence electrons. The maximum Gasteiger partial charge on any atom is 0.00710 e. The van der Waals surface area contributed by atoms with E-state index in [2.05, 4.69) is 13.8 Å². The van der Waals surface area contributed by atoms with Crippen LogP contribution in [0, 0.1) is 5.92 Å². The summed E-state index contributed by atoms with van der Waals surface area (Å²) < 4.78 is 0. The zero-order valence-electron chi connectivity index (χ0n) is 4.81. The van der Waals surface area contributed by atoms with Gasteiger partial charge in [-0.25, -0.2) is 0 Å². The van der Waals surface area contributed by atoms with E-state index in [4.69, 9.17) is 11.7 Å². The highest BCUT2D eigenvalue weighted by molar-refractivity contribution is 8.68. The largest absolute Gasteiger partial charge is 0.0815 e. The fourth-order valence-corrected chi connectivity index (χ4v) is 1.40. The minimum absolute atomic E-state index is 0.808. The van der Waals surface area contributed by atoms with E-state index in [0.717, 1.165) is 11.7 Å². The molecule has 0 aromatic rings. The highest BCUT2D eigenvalue weighted by Gasteiger charge is 1.94. The highest BCUT2D eigenvalue weighted by Crippen LogP contribution is 2.13. The summed E-state index contributed by atoms with van der Waals surface area (Å²) in [7, 11) is 1.52. The summed E-state index contributed by atoms with van der Waals surface area (Å²) in [5.74, 6) is 1.94. The molecule has 0 saturated carbocycles. The number of rotatable bonds is 3. The SMILES string of the molecule is CCC(C)CS[S]. The van der Waals surface area contributed by atoms with Crippen molar-refractivity contribution in [3.8, 4) is 0 Å². The van der Waals surface area contributed by atoms with Gasteiger partial charge < -0.3 is 0 Å². The summed E-state index contributed by atoms with van der Waals surface area (Å²) in [5.41, 5.74) is 0. The lowest BCUT2D eigenvalue weighted by molar-refractivity contribution is 0.638. The summed E-state index contributed by atoms with van der Waals surface area (Å²) in [6.07, 6.45) is 1.25. The van der Waals surface area contributed by atoms with E-state index >= 15 is 0 Å². The molecule has 0 amide bonds. The fraction of sp³-hybridized carbons (Fsp3) is 1.00. The molecule has 0 bridgehead atoms. The Morgan fingerprint density at radius 2 is 2.29 bits per heavy atom. The van der Waals surface area contributed by atoms with Crippen molar-refractivity contribution >= 4 is 22.5 Å². The van der Waals surface area contributed by atoms with Gasteiger partial charge in [0, 0.05) is 5.75 Å². The second-order valence-electron chi connectivity index (χ2n) is 1.80. The molecule has 0 aliphatic carbocycles. The summed E-state index contributed by atoms with van der Waals surface area (Å²) in [4.78, 5) is 0. The minimum atomic E-state index is 0.808. The summed E-state index contributed by atoms with van der Waals surface area (Å²) in [6, 6.07) is 0. The lowest BCUT2D eigenvalue weighted by atomic mass is 10.2. The zero-order valence-corrected chi connectivity index (χ0v) is 6.44. The molecule has 2 heteroatoms. The second kappa shape index (κ2) is 4.85. The van der Waals surface area contributed by atoms with E-state index in [9.17, 15) is 0 Å². The Kier molecular flexibility index (Phi) is 5.33. The third-order valence-electron chi connectivity index (χ3n) is 1.05. The Bertz CT molecular complexity index is 37.1. The number of hydrogen-bond acceptors (Lipinski definition) is 1. The van der Waals surface area contributed by atoms with E-state index in [1.807, 2.05) is 0 Å². The monoisotopic (exact) mass is 135 g/mol. The maximum atomic E-state index is 4.71. The van der Waals surface area contributed by atoms with E-state index in [1.54, 1.807) is 0 Å². The predicted molar refractivity (Wildman–Crippen MR) is 39.5 cm³/mol. The topological polar surface area (TPSA) is 0 Å². The molecule has 0 fully saturated rings. The average molecular weight is 135 g/mol. The average Bonchev–Trinajstić information content (AvgIpc) is 1.68. The van der Waals surface area contributed by atoms with Crippen molar-refractivity contribution in [3.63, 3.8) is 0 Å². The van der Waals surface area contributed by atoms with Crippen LogP contribution in [0.25, 0.3) is 0 Å². The molecule has 1 unspecified atom stereocenters. The van der Waals surface area contributed by atoms with Crippen molar-refractivity contribution in [3.05, 3.63) is 0 Å². The maximum absolute atomic E-state index is 4.71.